The molecule has 1 fully saturated rings. The van der Waals surface area contributed by atoms with Gasteiger partial charge in [-0.25, -0.2) is 4.98 Å². The SMILES string of the molecule is CNC1Cc2cc(Cl)ccc2-n2c(nnc2[C@H]2CC[C@H](Oc3ccccn3)CC2)C1. The highest BCUT2D eigenvalue weighted by atomic mass is 35.5. The highest BCUT2D eigenvalue weighted by Gasteiger charge is 2.31. The van der Waals surface area contributed by atoms with Crippen molar-refractivity contribution < 1.29 is 4.74 Å². The minimum Gasteiger partial charge on any atom is -0.474 e. The highest BCUT2D eigenvalue weighted by molar-refractivity contribution is 6.30. The van der Waals surface area contributed by atoms with Crippen LogP contribution in [0.4, 0.5) is 0 Å². The molecule has 30 heavy (non-hydrogen) atoms. The number of nitrogens with one attached hydrogen (secondary N) is 1. The maximum absolute atomic E-state index is 6.31. The van der Waals surface area contributed by atoms with E-state index in [9.17, 15) is 0 Å². The van der Waals surface area contributed by atoms with Crippen molar-refractivity contribution in [3.05, 3.63) is 64.8 Å². The fourth-order valence-corrected chi connectivity index (χ4v) is 4.91. The normalized spacial score (nSPS) is 23.3. The number of pyridine rings is 1. The third-order valence-corrected chi connectivity index (χ3v) is 6.54. The zero-order valence-corrected chi connectivity index (χ0v) is 17.8. The summed E-state index contributed by atoms with van der Waals surface area (Å²) in [5, 5.41) is 13.4. The van der Waals surface area contributed by atoms with Crippen LogP contribution in [0.3, 0.4) is 0 Å². The molecular weight excluding hydrogens is 398 g/mol. The number of benzene rings is 1. The topological polar surface area (TPSA) is 64.9 Å². The van der Waals surface area contributed by atoms with Crippen molar-refractivity contribution >= 4 is 11.6 Å². The van der Waals surface area contributed by atoms with Gasteiger partial charge in [0.1, 0.15) is 17.8 Å². The maximum Gasteiger partial charge on any atom is 0.213 e. The van der Waals surface area contributed by atoms with Crippen molar-refractivity contribution in [2.45, 2.75) is 56.6 Å². The van der Waals surface area contributed by atoms with Gasteiger partial charge in [-0.05, 0) is 69.0 Å². The van der Waals surface area contributed by atoms with Crippen molar-refractivity contribution in [3.8, 4) is 11.6 Å². The number of halogens is 1. The standard InChI is InChI=1S/C23H26ClN5O/c1-25-18-13-16-12-17(24)7-10-20(16)29-21(14-18)27-28-23(29)15-5-8-19(9-6-15)30-22-4-2-3-11-26-22/h2-4,7,10-12,15,18-19,25H,5-6,8-9,13-14H2,1H3/t15-,18?,19-. The molecule has 0 bridgehead atoms. The van der Waals surface area contributed by atoms with Crippen LogP contribution in [-0.4, -0.2) is 38.9 Å². The number of ether oxygens (including phenoxy) is 1. The van der Waals surface area contributed by atoms with Gasteiger partial charge in [-0.3, -0.25) is 4.57 Å². The Kier molecular flexibility index (Phi) is 5.44. The van der Waals surface area contributed by atoms with Gasteiger partial charge in [0.25, 0.3) is 0 Å². The molecule has 156 valence electrons. The molecule has 0 radical (unpaired) electrons. The van der Waals surface area contributed by atoms with Crippen molar-refractivity contribution in [2.75, 3.05) is 7.05 Å². The van der Waals surface area contributed by atoms with Gasteiger partial charge in [0, 0.05) is 35.7 Å². The van der Waals surface area contributed by atoms with Gasteiger partial charge in [-0.1, -0.05) is 17.7 Å². The third-order valence-electron chi connectivity index (χ3n) is 6.31. The van der Waals surface area contributed by atoms with E-state index >= 15 is 0 Å². The van der Waals surface area contributed by atoms with E-state index < -0.39 is 0 Å². The lowest BCUT2D eigenvalue weighted by molar-refractivity contribution is 0.139. The van der Waals surface area contributed by atoms with Gasteiger partial charge in [0.2, 0.25) is 5.88 Å². The van der Waals surface area contributed by atoms with E-state index in [1.165, 1.54) is 11.3 Å². The number of rotatable bonds is 4. The van der Waals surface area contributed by atoms with Crippen LogP contribution in [0.1, 0.15) is 48.8 Å². The van der Waals surface area contributed by atoms with Crippen molar-refractivity contribution in [3.63, 3.8) is 0 Å². The fourth-order valence-electron chi connectivity index (χ4n) is 4.71. The quantitative estimate of drug-likeness (QED) is 0.684. The number of likely N-dealkylation sites (N-methyl/N-ethyl adjacent to an activating group) is 1. The Hall–Kier alpha value is -2.44. The molecule has 1 N–H and O–H groups in total. The van der Waals surface area contributed by atoms with Crippen LogP contribution in [0.25, 0.3) is 5.69 Å². The summed E-state index contributed by atoms with van der Waals surface area (Å²) in [7, 11) is 2.00. The molecule has 3 heterocycles. The first-order chi connectivity index (χ1) is 14.7. The van der Waals surface area contributed by atoms with E-state index in [0.717, 1.165) is 55.2 Å². The molecule has 2 aromatic heterocycles. The molecule has 1 atom stereocenters. The van der Waals surface area contributed by atoms with Gasteiger partial charge in [-0.2, -0.15) is 0 Å². The summed E-state index contributed by atoms with van der Waals surface area (Å²) in [5.74, 6) is 3.18. The van der Waals surface area contributed by atoms with E-state index in [1.54, 1.807) is 6.20 Å². The molecule has 3 aromatic rings. The van der Waals surface area contributed by atoms with Gasteiger partial charge in [-0.15, -0.1) is 10.2 Å². The lowest BCUT2D eigenvalue weighted by Gasteiger charge is -2.28. The predicted octanol–water partition coefficient (Wildman–Crippen LogP) is 4.11. The Bertz CT molecular complexity index is 1010. The zero-order valence-electron chi connectivity index (χ0n) is 17.1. The molecule has 2 aliphatic rings. The molecule has 1 aliphatic carbocycles. The highest BCUT2D eigenvalue weighted by Crippen LogP contribution is 2.36. The monoisotopic (exact) mass is 423 g/mol. The zero-order chi connectivity index (χ0) is 20.5. The van der Waals surface area contributed by atoms with E-state index in [4.69, 9.17) is 16.3 Å². The second-order valence-corrected chi connectivity index (χ2v) is 8.67. The second-order valence-electron chi connectivity index (χ2n) is 8.24. The number of fused-ring (bicyclic) bond motifs is 3. The molecular formula is C23H26ClN5O. The van der Waals surface area contributed by atoms with Gasteiger partial charge >= 0.3 is 0 Å². The van der Waals surface area contributed by atoms with E-state index in [-0.39, 0.29) is 6.10 Å². The third kappa shape index (κ3) is 3.82. The number of aromatic nitrogens is 4. The lowest BCUT2D eigenvalue weighted by atomic mass is 9.86. The lowest BCUT2D eigenvalue weighted by Crippen LogP contribution is -2.29. The van der Waals surface area contributed by atoms with Crippen LogP contribution in [0.5, 0.6) is 5.88 Å². The molecule has 1 unspecified atom stereocenters. The number of hydrogen-bond donors (Lipinski definition) is 1. The molecule has 0 saturated heterocycles. The summed E-state index contributed by atoms with van der Waals surface area (Å²) >= 11 is 6.31. The molecule has 1 aromatic carbocycles. The number of nitrogens with zero attached hydrogens (tertiary/aromatic N) is 4. The van der Waals surface area contributed by atoms with Crippen molar-refractivity contribution in [1.29, 1.82) is 0 Å². The summed E-state index contributed by atoms with van der Waals surface area (Å²) in [6.07, 6.45) is 7.83. The molecule has 7 heteroatoms. The van der Waals surface area contributed by atoms with Crippen molar-refractivity contribution in [1.82, 2.24) is 25.1 Å². The minimum atomic E-state index is 0.211. The molecule has 0 spiro atoms. The summed E-state index contributed by atoms with van der Waals surface area (Å²) in [6, 6.07) is 12.3. The van der Waals surface area contributed by atoms with E-state index in [2.05, 4.69) is 37.2 Å². The largest absolute Gasteiger partial charge is 0.474 e. The molecule has 6 nitrogen and oxygen atoms in total. The Morgan fingerprint density at radius 3 is 2.70 bits per heavy atom. The summed E-state index contributed by atoms with van der Waals surface area (Å²) in [5.41, 5.74) is 2.41. The fraction of sp³-hybridized carbons (Fsp3) is 0.435. The Labute approximate surface area is 181 Å². The van der Waals surface area contributed by atoms with Crippen LogP contribution in [0.15, 0.2) is 42.6 Å². The average molecular weight is 424 g/mol. The summed E-state index contributed by atoms with van der Waals surface area (Å²) in [6.45, 7) is 0. The Balaban J connectivity index is 1.39. The first-order valence-corrected chi connectivity index (χ1v) is 11.1. The van der Waals surface area contributed by atoms with Crippen LogP contribution in [0, 0.1) is 0 Å². The van der Waals surface area contributed by atoms with Gasteiger partial charge in [0.15, 0.2) is 0 Å². The van der Waals surface area contributed by atoms with Crippen LogP contribution in [-0.2, 0) is 12.8 Å². The predicted molar refractivity (Wildman–Crippen MR) is 116 cm³/mol. The van der Waals surface area contributed by atoms with Crippen LogP contribution < -0.4 is 10.1 Å². The molecule has 1 saturated carbocycles. The Morgan fingerprint density at radius 2 is 1.93 bits per heavy atom. The summed E-state index contributed by atoms with van der Waals surface area (Å²) < 4.78 is 8.36. The first-order valence-electron chi connectivity index (χ1n) is 10.7. The van der Waals surface area contributed by atoms with E-state index in [0.29, 0.717) is 17.8 Å². The minimum absolute atomic E-state index is 0.211. The Morgan fingerprint density at radius 1 is 1.07 bits per heavy atom. The first kappa shape index (κ1) is 19.5. The summed E-state index contributed by atoms with van der Waals surface area (Å²) in [4.78, 5) is 4.29. The molecule has 1 aliphatic heterocycles. The number of hydrogen-bond acceptors (Lipinski definition) is 5. The second kappa shape index (κ2) is 8.36. The van der Waals surface area contributed by atoms with Gasteiger partial charge < -0.3 is 10.1 Å². The maximum atomic E-state index is 6.31. The van der Waals surface area contributed by atoms with Crippen LogP contribution >= 0.6 is 11.6 Å². The van der Waals surface area contributed by atoms with E-state index in [1.807, 2.05) is 31.3 Å². The van der Waals surface area contributed by atoms with Crippen LogP contribution in [0.2, 0.25) is 5.02 Å². The average Bonchev–Trinajstić information content (AvgIpc) is 3.11. The van der Waals surface area contributed by atoms with Gasteiger partial charge in [0.05, 0.1) is 5.69 Å². The smallest absolute Gasteiger partial charge is 0.213 e. The molecule has 0 amide bonds. The van der Waals surface area contributed by atoms with Crippen molar-refractivity contribution in [2.24, 2.45) is 0 Å². The molecule has 5 rings (SSSR count).